The van der Waals surface area contributed by atoms with Crippen LogP contribution in [0.25, 0.3) is 0 Å². The topological polar surface area (TPSA) is 66.1 Å². The van der Waals surface area contributed by atoms with Gasteiger partial charge >= 0.3 is 0 Å². The molecular weight excluding hydrogens is 206 g/mol. The highest BCUT2D eigenvalue weighted by atomic mass is 16.2. The van der Waals surface area contributed by atoms with Gasteiger partial charge in [-0.15, -0.1) is 0 Å². The van der Waals surface area contributed by atoms with E-state index in [2.05, 4.69) is 10.2 Å². The first kappa shape index (κ1) is 10.9. The van der Waals surface area contributed by atoms with E-state index in [0.29, 0.717) is 6.42 Å². The Balaban J connectivity index is 2.23. The van der Waals surface area contributed by atoms with Crippen LogP contribution in [0.1, 0.15) is 17.7 Å². The van der Waals surface area contributed by atoms with Gasteiger partial charge in [0.05, 0.1) is 5.69 Å². The molecular formula is C11H15N3O2. The molecule has 0 fully saturated rings. The summed E-state index contributed by atoms with van der Waals surface area (Å²) in [7, 11) is 3.52. The van der Waals surface area contributed by atoms with Crippen molar-refractivity contribution in [1.82, 2.24) is 15.1 Å². The van der Waals surface area contributed by atoms with Gasteiger partial charge in [-0.05, 0) is 24.8 Å². The van der Waals surface area contributed by atoms with E-state index < -0.39 is 0 Å². The molecule has 16 heavy (non-hydrogen) atoms. The summed E-state index contributed by atoms with van der Waals surface area (Å²) in [6, 6.07) is 1.55. The lowest BCUT2D eigenvalue weighted by molar-refractivity contribution is -0.133. The third-order valence-corrected chi connectivity index (χ3v) is 2.96. The number of amides is 1. The summed E-state index contributed by atoms with van der Waals surface area (Å²) >= 11 is 0. The van der Waals surface area contributed by atoms with Crippen LogP contribution < -0.4 is 5.56 Å². The normalized spacial score (nSPS) is 19.0. The first-order chi connectivity index (χ1) is 7.58. The molecule has 0 aliphatic heterocycles. The summed E-state index contributed by atoms with van der Waals surface area (Å²) < 4.78 is 0. The van der Waals surface area contributed by atoms with Crippen LogP contribution in [0, 0.1) is 5.92 Å². The molecule has 0 saturated carbocycles. The van der Waals surface area contributed by atoms with Crippen molar-refractivity contribution in [1.29, 1.82) is 0 Å². The van der Waals surface area contributed by atoms with Crippen molar-refractivity contribution in [2.45, 2.75) is 19.3 Å². The average molecular weight is 221 g/mol. The predicted octanol–water partition coefficient (Wildman–Crippen LogP) is -0.0370. The number of carbonyl (C=O) groups excluding carboxylic acids is 1. The number of H-pyrrole nitrogens is 1. The van der Waals surface area contributed by atoms with Gasteiger partial charge in [0.25, 0.3) is 5.56 Å². The number of hydrogen-bond acceptors (Lipinski definition) is 3. The smallest absolute Gasteiger partial charge is 0.264 e. The molecule has 1 heterocycles. The Morgan fingerprint density at radius 3 is 3.00 bits per heavy atom. The second kappa shape index (κ2) is 4.08. The van der Waals surface area contributed by atoms with Crippen molar-refractivity contribution in [2.24, 2.45) is 5.92 Å². The van der Waals surface area contributed by atoms with Crippen LogP contribution in [0.15, 0.2) is 10.9 Å². The van der Waals surface area contributed by atoms with Crippen molar-refractivity contribution < 1.29 is 4.79 Å². The van der Waals surface area contributed by atoms with Gasteiger partial charge in [0.1, 0.15) is 0 Å². The largest absolute Gasteiger partial charge is 0.349 e. The molecule has 5 heteroatoms. The third kappa shape index (κ3) is 1.98. The highest BCUT2D eigenvalue weighted by Gasteiger charge is 2.26. The molecule has 0 unspecified atom stereocenters. The van der Waals surface area contributed by atoms with Gasteiger partial charge < -0.3 is 4.90 Å². The first-order valence-electron chi connectivity index (χ1n) is 5.36. The van der Waals surface area contributed by atoms with Crippen LogP contribution in [-0.4, -0.2) is 35.1 Å². The molecule has 1 aliphatic rings. The maximum absolute atomic E-state index is 11.8. The zero-order valence-electron chi connectivity index (χ0n) is 9.49. The van der Waals surface area contributed by atoms with E-state index in [9.17, 15) is 9.59 Å². The number of hydrogen-bond donors (Lipinski definition) is 1. The molecule has 2 rings (SSSR count). The molecule has 0 saturated heterocycles. The molecule has 1 atom stereocenters. The standard InChI is InChI=1S/C11H15N3O2/c1-14(2)11(16)7-3-4-9-8(5-7)6-10(15)13-12-9/h6-7H,3-5H2,1-2H3,(H,13,15)/t7-/m1/s1. The van der Waals surface area contributed by atoms with Crippen LogP contribution in [0.4, 0.5) is 0 Å². The molecule has 0 aromatic carbocycles. The number of fused-ring (bicyclic) bond motifs is 1. The van der Waals surface area contributed by atoms with Gasteiger partial charge in [-0.25, -0.2) is 5.10 Å². The number of nitrogens with one attached hydrogen (secondary N) is 1. The number of carbonyl (C=O) groups is 1. The highest BCUT2D eigenvalue weighted by Crippen LogP contribution is 2.23. The fraction of sp³-hybridized carbons (Fsp3) is 0.545. The van der Waals surface area contributed by atoms with Crippen LogP contribution in [-0.2, 0) is 17.6 Å². The maximum atomic E-state index is 11.8. The fourth-order valence-corrected chi connectivity index (χ4v) is 2.12. The van der Waals surface area contributed by atoms with Crippen molar-refractivity contribution in [3.63, 3.8) is 0 Å². The Hall–Kier alpha value is -1.65. The molecule has 86 valence electrons. The van der Waals surface area contributed by atoms with E-state index in [1.54, 1.807) is 25.1 Å². The minimum Gasteiger partial charge on any atom is -0.349 e. The van der Waals surface area contributed by atoms with Gasteiger partial charge in [-0.3, -0.25) is 9.59 Å². The van der Waals surface area contributed by atoms with E-state index in [1.165, 1.54) is 0 Å². The van der Waals surface area contributed by atoms with Gasteiger partial charge in [0, 0.05) is 26.1 Å². The molecule has 1 aliphatic carbocycles. The lowest BCUT2D eigenvalue weighted by Gasteiger charge is -2.24. The Morgan fingerprint density at radius 2 is 2.31 bits per heavy atom. The van der Waals surface area contributed by atoms with E-state index in [0.717, 1.165) is 24.1 Å². The minimum atomic E-state index is -0.197. The molecule has 1 aromatic heterocycles. The summed E-state index contributed by atoms with van der Waals surface area (Å²) in [6.07, 6.45) is 2.20. The summed E-state index contributed by atoms with van der Waals surface area (Å²) in [4.78, 5) is 24.6. The number of rotatable bonds is 1. The molecule has 0 spiro atoms. The van der Waals surface area contributed by atoms with Crippen molar-refractivity contribution in [2.75, 3.05) is 14.1 Å². The predicted molar refractivity (Wildman–Crippen MR) is 59.1 cm³/mol. The monoisotopic (exact) mass is 221 g/mol. The minimum absolute atomic E-state index is 0.00824. The summed E-state index contributed by atoms with van der Waals surface area (Å²) in [5, 5.41) is 6.42. The Kier molecular flexibility index (Phi) is 2.77. The average Bonchev–Trinajstić information content (AvgIpc) is 2.26. The summed E-state index contributed by atoms with van der Waals surface area (Å²) in [5.41, 5.74) is 1.63. The molecule has 0 bridgehead atoms. The molecule has 5 nitrogen and oxygen atoms in total. The number of nitrogens with zero attached hydrogens (tertiary/aromatic N) is 2. The van der Waals surface area contributed by atoms with E-state index in [4.69, 9.17) is 0 Å². The van der Waals surface area contributed by atoms with Crippen molar-refractivity contribution in [3.05, 3.63) is 27.7 Å². The zero-order chi connectivity index (χ0) is 11.7. The fourth-order valence-electron chi connectivity index (χ4n) is 2.12. The number of aromatic nitrogens is 2. The van der Waals surface area contributed by atoms with Gasteiger partial charge in [0.15, 0.2) is 0 Å². The van der Waals surface area contributed by atoms with Gasteiger partial charge in [-0.2, -0.15) is 5.10 Å². The zero-order valence-corrected chi connectivity index (χ0v) is 9.49. The Labute approximate surface area is 93.5 Å². The second-order valence-electron chi connectivity index (χ2n) is 4.38. The van der Waals surface area contributed by atoms with Gasteiger partial charge in [-0.1, -0.05) is 0 Å². The molecule has 1 N–H and O–H groups in total. The first-order valence-corrected chi connectivity index (χ1v) is 5.36. The highest BCUT2D eigenvalue weighted by molar-refractivity contribution is 5.78. The molecule has 1 aromatic rings. The summed E-state index contributed by atoms with van der Waals surface area (Å²) in [6.45, 7) is 0. The quantitative estimate of drug-likeness (QED) is 0.723. The summed E-state index contributed by atoms with van der Waals surface area (Å²) in [5.74, 6) is 0.122. The Bertz CT molecular complexity index is 465. The van der Waals surface area contributed by atoms with E-state index in [1.807, 2.05) is 0 Å². The Morgan fingerprint density at radius 1 is 1.56 bits per heavy atom. The lowest BCUT2D eigenvalue weighted by atomic mass is 9.86. The van der Waals surface area contributed by atoms with E-state index >= 15 is 0 Å². The number of aromatic amines is 1. The van der Waals surface area contributed by atoms with Crippen molar-refractivity contribution in [3.8, 4) is 0 Å². The van der Waals surface area contributed by atoms with E-state index in [-0.39, 0.29) is 17.4 Å². The van der Waals surface area contributed by atoms with Gasteiger partial charge in [0.2, 0.25) is 5.91 Å². The SMILES string of the molecule is CN(C)C(=O)[C@@H]1CCc2n[nH]c(=O)cc2C1. The molecule has 1 amide bonds. The van der Waals surface area contributed by atoms with Crippen LogP contribution in [0.5, 0.6) is 0 Å². The lowest BCUT2D eigenvalue weighted by Crippen LogP contribution is -2.34. The second-order valence-corrected chi connectivity index (χ2v) is 4.38. The van der Waals surface area contributed by atoms with Crippen molar-refractivity contribution >= 4 is 5.91 Å². The molecule has 0 radical (unpaired) electrons. The van der Waals surface area contributed by atoms with Crippen LogP contribution in [0.3, 0.4) is 0 Å². The third-order valence-electron chi connectivity index (χ3n) is 2.96. The maximum Gasteiger partial charge on any atom is 0.264 e. The van der Waals surface area contributed by atoms with Crippen LogP contribution >= 0.6 is 0 Å². The van der Waals surface area contributed by atoms with Crippen LogP contribution in [0.2, 0.25) is 0 Å². The number of aryl methyl sites for hydroxylation is 1.